The van der Waals surface area contributed by atoms with E-state index in [0.717, 1.165) is 24.7 Å². The Morgan fingerprint density at radius 1 is 0.667 bits per heavy atom. The van der Waals surface area contributed by atoms with E-state index in [1.54, 1.807) is 0 Å². The molecule has 0 aliphatic carbocycles. The van der Waals surface area contributed by atoms with Gasteiger partial charge >= 0.3 is 0 Å². The minimum absolute atomic E-state index is 0.702. The lowest BCUT2D eigenvalue weighted by molar-refractivity contribution is 0.358. The van der Waals surface area contributed by atoms with Crippen molar-refractivity contribution in [1.29, 1.82) is 0 Å². The zero-order valence-corrected chi connectivity index (χ0v) is 14.0. The highest BCUT2D eigenvalue weighted by Gasteiger charge is 2.21. The van der Waals surface area contributed by atoms with Crippen molar-refractivity contribution in [2.45, 2.75) is 6.92 Å². The molecule has 0 bridgehead atoms. The van der Waals surface area contributed by atoms with Crippen LogP contribution in [0, 0.1) is 6.92 Å². The summed E-state index contributed by atoms with van der Waals surface area (Å²) in [6.45, 7) is 2.01. The van der Waals surface area contributed by atoms with Crippen molar-refractivity contribution in [3.63, 3.8) is 0 Å². The maximum absolute atomic E-state index is 5.85. The minimum Gasteiger partial charge on any atom is -0.449 e. The molecule has 1 heterocycles. The summed E-state index contributed by atoms with van der Waals surface area (Å²) in [5.74, 6) is 2.86. The molecule has 0 amide bonds. The maximum atomic E-state index is 5.85. The summed E-state index contributed by atoms with van der Waals surface area (Å²) >= 11 is 10.4. The summed E-state index contributed by atoms with van der Waals surface area (Å²) in [6, 6.07) is 7.65. The van der Waals surface area contributed by atoms with Gasteiger partial charge in [0.2, 0.25) is 0 Å². The van der Waals surface area contributed by atoms with E-state index in [4.69, 9.17) is 9.47 Å². The van der Waals surface area contributed by atoms with Crippen LogP contribution in [0.4, 0.5) is 0 Å². The van der Waals surface area contributed by atoms with E-state index >= 15 is 0 Å². The quantitative estimate of drug-likeness (QED) is 0.420. The third-order valence-corrected chi connectivity index (χ3v) is 5.35. The van der Waals surface area contributed by atoms with E-state index in [1.165, 1.54) is 0 Å². The Balaban J connectivity index is 2.12. The predicted molar refractivity (Wildman–Crippen MR) is 80.9 cm³/mol. The van der Waals surface area contributed by atoms with Crippen molar-refractivity contribution in [3.05, 3.63) is 43.2 Å². The minimum atomic E-state index is 0.702. The van der Waals surface area contributed by atoms with Crippen molar-refractivity contribution >= 4 is 47.8 Å². The van der Waals surface area contributed by atoms with E-state index < -0.39 is 0 Å². The second kappa shape index (κ2) is 4.54. The number of rotatable bonds is 0. The van der Waals surface area contributed by atoms with Gasteiger partial charge in [-0.05, 0) is 56.5 Å². The van der Waals surface area contributed by atoms with Crippen molar-refractivity contribution in [3.8, 4) is 23.0 Å². The largest absolute Gasteiger partial charge is 0.449 e. The molecule has 0 radical (unpaired) electrons. The molecular weight excluding hydrogens is 428 g/mol. The zero-order chi connectivity index (χ0) is 12.9. The monoisotopic (exact) mass is 432 g/mol. The maximum Gasteiger partial charge on any atom is 0.171 e. The summed E-state index contributed by atoms with van der Waals surface area (Å²) in [5.41, 5.74) is 1.11. The first kappa shape index (κ1) is 12.5. The smallest absolute Gasteiger partial charge is 0.171 e. The van der Waals surface area contributed by atoms with Gasteiger partial charge in [0.1, 0.15) is 0 Å². The van der Waals surface area contributed by atoms with Gasteiger partial charge in [0.25, 0.3) is 0 Å². The van der Waals surface area contributed by atoms with Crippen LogP contribution in [0.3, 0.4) is 0 Å². The molecule has 2 aromatic carbocycles. The molecule has 0 saturated heterocycles. The molecule has 18 heavy (non-hydrogen) atoms. The zero-order valence-electron chi connectivity index (χ0n) is 9.26. The summed E-state index contributed by atoms with van der Waals surface area (Å²) in [6.07, 6.45) is 0. The third-order valence-electron chi connectivity index (χ3n) is 2.65. The highest BCUT2D eigenvalue weighted by molar-refractivity contribution is 9.13. The summed E-state index contributed by atoms with van der Waals surface area (Å²) < 4.78 is 14.6. The standard InChI is InChI=1S/C13H7Br3O2/c1-6-2-10-11(3-7(6)14)18-13-5-9(16)8(15)4-12(13)17-10/h2-5H,1H3. The molecule has 0 N–H and O–H groups in total. The lowest BCUT2D eigenvalue weighted by atomic mass is 10.2. The highest BCUT2D eigenvalue weighted by atomic mass is 79.9. The molecule has 0 unspecified atom stereocenters. The summed E-state index contributed by atoms with van der Waals surface area (Å²) in [4.78, 5) is 0. The fraction of sp³-hybridized carbons (Fsp3) is 0.0769. The fourth-order valence-corrected chi connectivity index (χ4v) is 2.67. The van der Waals surface area contributed by atoms with Gasteiger partial charge in [-0.2, -0.15) is 0 Å². The van der Waals surface area contributed by atoms with Crippen molar-refractivity contribution in [1.82, 2.24) is 0 Å². The van der Waals surface area contributed by atoms with Gasteiger partial charge in [-0.3, -0.25) is 0 Å². The van der Waals surface area contributed by atoms with Crippen LogP contribution in [0.25, 0.3) is 0 Å². The SMILES string of the molecule is Cc1cc2c(cc1Br)Oc1cc(Br)c(Br)cc1O2. The number of ether oxygens (including phenoxy) is 2. The molecule has 2 nitrogen and oxygen atoms in total. The van der Waals surface area contributed by atoms with Crippen molar-refractivity contribution in [2.75, 3.05) is 0 Å². The van der Waals surface area contributed by atoms with E-state index in [-0.39, 0.29) is 0 Å². The normalized spacial score (nSPS) is 12.2. The molecule has 3 rings (SSSR count). The number of benzene rings is 2. The molecule has 0 atom stereocenters. The molecule has 5 heteroatoms. The third kappa shape index (κ3) is 2.08. The molecule has 1 aliphatic rings. The van der Waals surface area contributed by atoms with Crippen LogP contribution < -0.4 is 9.47 Å². The Kier molecular flexibility index (Phi) is 3.16. The average molecular weight is 435 g/mol. The molecular formula is C13H7Br3O2. The Hall–Kier alpha value is -0.520. The average Bonchev–Trinajstić information content (AvgIpc) is 2.31. The predicted octanol–water partition coefficient (Wildman–Crippen LogP) is 6.18. The summed E-state index contributed by atoms with van der Waals surface area (Å²) in [5, 5.41) is 0. The van der Waals surface area contributed by atoms with Crippen LogP contribution in [0.2, 0.25) is 0 Å². The fourth-order valence-electron chi connectivity index (χ4n) is 1.70. The Morgan fingerprint density at radius 2 is 1.06 bits per heavy atom. The molecule has 0 aromatic heterocycles. The van der Waals surface area contributed by atoms with E-state index in [9.17, 15) is 0 Å². The van der Waals surface area contributed by atoms with Gasteiger partial charge in [0.15, 0.2) is 23.0 Å². The first-order chi connectivity index (χ1) is 8.54. The van der Waals surface area contributed by atoms with Gasteiger partial charge in [-0.15, -0.1) is 0 Å². The van der Waals surface area contributed by atoms with E-state index in [2.05, 4.69) is 47.8 Å². The number of aryl methyl sites for hydroxylation is 1. The van der Waals surface area contributed by atoms with Gasteiger partial charge in [0, 0.05) is 25.6 Å². The first-order valence-corrected chi connectivity index (χ1v) is 7.57. The van der Waals surface area contributed by atoms with Crippen LogP contribution in [0.1, 0.15) is 5.56 Å². The molecule has 0 fully saturated rings. The molecule has 2 aromatic rings. The van der Waals surface area contributed by atoms with Crippen LogP contribution in [0.5, 0.6) is 23.0 Å². The van der Waals surface area contributed by atoms with Crippen LogP contribution in [-0.2, 0) is 0 Å². The molecule has 0 spiro atoms. The van der Waals surface area contributed by atoms with Gasteiger partial charge in [0.05, 0.1) is 0 Å². The van der Waals surface area contributed by atoms with Crippen molar-refractivity contribution < 1.29 is 9.47 Å². The lowest BCUT2D eigenvalue weighted by Gasteiger charge is -2.22. The van der Waals surface area contributed by atoms with Gasteiger partial charge < -0.3 is 9.47 Å². The number of hydrogen-bond acceptors (Lipinski definition) is 2. The number of fused-ring (bicyclic) bond motifs is 2. The molecule has 0 saturated carbocycles. The molecule has 92 valence electrons. The lowest BCUT2D eigenvalue weighted by Crippen LogP contribution is -1.99. The Bertz CT molecular complexity index is 542. The van der Waals surface area contributed by atoms with Crippen molar-refractivity contribution in [2.24, 2.45) is 0 Å². The van der Waals surface area contributed by atoms with Crippen LogP contribution in [0.15, 0.2) is 37.7 Å². The second-order valence-electron chi connectivity index (χ2n) is 3.97. The number of halogens is 3. The van der Waals surface area contributed by atoms with Gasteiger partial charge in [-0.1, -0.05) is 15.9 Å². The van der Waals surface area contributed by atoms with E-state index in [0.29, 0.717) is 17.2 Å². The Labute approximate surface area is 130 Å². The highest BCUT2D eigenvalue weighted by Crippen LogP contribution is 2.49. The second-order valence-corrected chi connectivity index (χ2v) is 6.53. The van der Waals surface area contributed by atoms with Crippen LogP contribution in [-0.4, -0.2) is 0 Å². The van der Waals surface area contributed by atoms with E-state index in [1.807, 2.05) is 31.2 Å². The topological polar surface area (TPSA) is 18.5 Å². The first-order valence-electron chi connectivity index (χ1n) is 5.19. The van der Waals surface area contributed by atoms with Gasteiger partial charge in [-0.25, -0.2) is 0 Å². The molecule has 1 aliphatic heterocycles. The summed E-state index contributed by atoms with van der Waals surface area (Å²) in [7, 11) is 0. The number of hydrogen-bond donors (Lipinski definition) is 0. The van der Waals surface area contributed by atoms with Crippen LogP contribution >= 0.6 is 47.8 Å². The Morgan fingerprint density at radius 3 is 1.56 bits per heavy atom.